The number of unbranched alkanes of at least 4 members (excludes halogenated alkanes) is 1. The molecule has 0 spiro atoms. The second-order valence-corrected chi connectivity index (χ2v) is 3.48. The Bertz CT molecular complexity index is 310. The van der Waals surface area contributed by atoms with Crippen molar-refractivity contribution < 1.29 is 5.11 Å². The maximum Gasteiger partial charge on any atom is 0.0790 e. The lowest BCUT2D eigenvalue weighted by molar-refractivity contribution is 0.165. The van der Waals surface area contributed by atoms with E-state index in [-0.39, 0.29) is 0 Å². The van der Waals surface area contributed by atoms with Crippen LogP contribution < -0.4 is 0 Å². The lowest BCUT2D eigenvalue weighted by atomic mass is 10.0. The first-order chi connectivity index (χ1) is 6.74. The normalized spacial score (nSPS) is 12.1. The van der Waals surface area contributed by atoms with Gasteiger partial charge in [0.1, 0.15) is 0 Å². The fourth-order valence-electron chi connectivity index (χ4n) is 1.33. The van der Waals surface area contributed by atoms with Crippen molar-refractivity contribution in [3.05, 3.63) is 35.4 Å². The Morgan fingerprint density at radius 3 is 2.57 bits per heavy atom. The molecule has 1 unspecified atom stereocenters. The minimum Gasteiger partial charge on any atom is -0.388 e. The molecule has 0 amide bonds. The zero-order valence-electron chi connectivity index (χ0n) is 8.40. The van der Waals surface area contributed by atoms with Gasteiger partial charge in [-0.1, -0.05) is 29.8 Å². The second kappa shape index (κ2) is 5.41. The molecular formula is C12H15NO. The van der Waals surface area contributed by atoms with Gasteiger partial charge < -0.3 is 5.11 Å². The van der Waals surface area contributed by atoms with Crippen LogP contribution in [0.5, 0.6) is 0 Å². The molecule has 2 heteroatoms. The predicted octanol–water partition coefficient (Wildman–Crippen LogP) is 2.72. The molecule has 0 aliphatic heterocycles. The largest absolute Gasteiger partial charge is 0.388 e. The molecular weight excluding hydrogens is 174 g/mol. The van der Waals surface area contributed by atoms with Gasteiger partial charge in [-0.05, 0) is 25.3 Å². The third-order valence-electron chi connectivity index (χ3n) is 2.23. The molecule has 1 atom stereocenters. The van der Waals surface area contributed by atoms with Crippen LogP contribution >= 0.6 is 0 Å². The van der Waals surface area contributed by atoms with Gasteiger partial charge >= 0.3 is 0 Å². The molecule has 14 heavy (non-hydrogen) atoms. The maximum atomic E-state index is 9.73. The van der Waals surface area contributed by atoms with E-state index >= 15 is 0 Å². The molecule has 1 aromatic rings. The minimum absolute atomic E-state index is 0.427. The molecule has 1 aromatic carbocycles. The van der Waals surface area contributed by atoms with Gasteiger partial charge in [0.05, 0.1) is 12.2 Å². The zero-order chi connectivity index (χ0) is 10.4. The molecule has 0 aliphatic carbocycles. The number of nitrogens with zero attached hydrogens (tertiary/aromatic N) is 1. The van der Waals surface area contributed by atoms with E-state index in [9.17, 15) is 5.11 Å². The van der Waals surface area contributed by atoms with E-state index < -0.39 is 6.10 Å². The van der Waals surface area contributed by atoms with Crippen molar-refractivity contribution >= 4 is 0 Å². The number of nitriles is 1. The summed E-state index contributed by atoms with van der Waals surface area (Å²) in [7, 11) is 0. The van der Waals surface area contributed by atoms with Gasteiger partial charge in [0.2, 0.25) is 0 Å². The molecule has 74 valence electrons. The third-order valence-corrected chi connectivity index (χ3v) is 2.23. The van der Waals surface area contributed by atoms with Crippen LogP contribution in [0.25, 0.3) is 0 Å². The summed E-state index contributed by atoms with van der Waals surface area (Å²) in [5.74, 6) is 0. The van der Waals surface area contributed by atoms with E-state index in [2.05, 4.69) is 6.07 Å². The molecule has 0 saturated heterocycles. The number of hydrogen-bond donors (Lipinski definition) is 1. The van der Waals surface area contributed by atoms with Crippen LogP contribution in [0.15, 0.2) is 24.3 Å². The van der Waals surface area contributed by atoms with Crippen molar-refractivity contribution in [2.45, 2.75) is 32.3 Å². The van der Waals surface area contributed by atoms with Crippen molar-refractivity contribution in [2.75, 3.05) is 0 Å². The summed E-state index contributed by atoms with van der Waals surface area (Å²) >= 11 is 0. The maximum absolute atomic E-state index is 9.73. The van der Waals surface area contributed by atoms with Gasteiger partial charge in [0.15, 0.2) is 0 Å². The Labute approximate surface area is 84.8 Å². The highest BCUT2D eigenvalue weighted by atomic mass is 16.3. The lowest BCUT2D eigenvalue weighted by Crippen LogP contribution is -1.96. The SMILES string of the molecule is Cc1ccc(C(O)CCCC#N)cc1. The number of hydrogen-bond acceptors (Lipinski definition) is 2. The summed E-state index contributed by atoms with van der Waals surface area (Å²) in [5.41, 5.74) is 2.13. The Hall–Kier alpha value is -1.33. The van der Waals surface area contributed by atoms with Crippen LogP contribution in [0.3, 0.4) is 0 Å². The highest BCUT2D eigenvalue weighted by Crippen LogP contribution is 2.19. The molecule has 0 aliphatic rings. The first kappa shape index (κ1) is 10.7. The van der Waals surface area contributed by atoms with Crippen molar-refractivity contribution in [3.8, 4) is 6.07 Å². The summed E-state index contributed by atoms with van der Waals surface area (Å²) in [6.07, 6.45) is 1.51. The van der Waals surface area contributed by atoms with Crippen molar-refractivity contribution in [1.29, 1.82) is 5.26 Å². The van der Waals surface area contributed by atoms with Crippen LogP contribution in [0, 0.1) is 18.3 Å². The van der Waals surface area contributed by atoms with Gasteiger partial charge in [-0.15, -0.1) is 0 Å². The van der Waals surface area contributed by atoms with E-state index in [1.807, 2.05) is 31.2 Å². The second-order valence-electron chi connectivity index (χ2n) is 3.48. The molecule has 0 saturated carbocycles. The first-order valence-corrected chi connectivity index (χ1v) is 4.85. The fraction of sp³-hybridized carbons (Fsp3) is 0.417. The molecule has 0 heterocycles. The third kappa shape index (κ3) is 3.20. The molecule has 0 bridgehead atoms. The Kier molecular flexibility index (Phi) is 4.15. The number of aliphatic hydroxyl groups excluding tert-OH is 1. The predicted molar refractivity (Wildman–Crippen MR) is 55.6 cm³/mol. The van der Waals surface area contributed by atoms with Gasteiger partial charge in [-0.3, -0.25) is 0 Å². The standard InChI is InChI=1S/C12H15NO/c1-10-5-7-11(8-6-10)12(14)4-2-3-9-13/h5-8,12,14H,2-4H2,1H3. The quantitative estimate of drug-likeness (QED) is 0.740. The minimum atomic E-state index is -0.427. The highest BCUT2D eigenvalue weighted by Gasteiger charge is 2.05. The number of aliphatic hydroxyl groups is 1. The van der Waals surface area contributed by atoms with Crippen LogP contribution in [0.2, 0.25) is 0 Å². The summed E-state index contributed by atoms with van der Waals surface area (Å²) < 4.78 is 0. The topological polar surface area (TPSA) is 44.0 Å². The number of aryl methyl sites for hydroxylation is 1. The molecule has 0 radical (unpaired) electrons. The van der Waals surface area contributed by atoms with Gasteiger partial charge in [-0.2, -0.15) is 5.26 Å². The Balaban J connectivity index is 2.48. The van der Waals surface area contributed by atoms with Crippen molar-refractivity contribution in [2.24, 2.45) is 0 Å². The summed E-state index contributed by atoms with van der Waals surface area (Å²) in [4.78, 5) is 0. The highest BCUT2D eigenvalue weighted by molar-refractivity contribution is 5.22. The van der Waals surface area contributed by atoms with Crippen LogP contribution in [0.1, 0.15) is 36.5 Å². The van der Waals surface area contributed by atoms with Gasteiger partial charge in [0, 0.05) is 6.42 Å². The zero-order valence-corrected chi connectivity index (χ0v) is 8.40. The molecule has 0 aromatic heterocycles. The van der Waals surface area contributed by atoms with Crippen molar-refractivity contribution in [1.82, 2.24) is 0 Å². The first-order valence-electron chi connectivity index (χ1n) is 4.85. The van der Waals surface area contributed by atoms with Crippen LogP contribution in [-0.4, -0.2) is 5.11 Å². The smallest absolute Gasteiger partial charge is 0.0790 e. The average molecular weight is 189 g/mol. The molecule has 1 rings (SSSR count). The Morgan fingerprint density at radius 2 is 2.00 bits per heavy atom. The average Bonchev–Trinajstić information content (AvgIpc) is 2.19. The fourth-order valence-corrected chi connectivity index (χ4v) is 1.33. The molecule has 1 N–H and O–H groups in total. The summed E-state index contributed by atoms with van der Waals surface area (Å²) in [5, 5.41) is 18.1. The van der Waals surface area contributed by atoms with E-state index in [0.29, 0.717) is 12.8 Å². The summed E-state index contributed by atoms with van der Waals surface area (Å²) in [6, 6.07) is 9.92. The van der Waals surface area contributed by atoms with Crippen LogP contribution in [0.4, 0.5) is 0 Å². The van der Waals surface area contributed by atoms with Gasteiger partial charge in [-0.25, -0.2) is 0 Å². The number of benzene rings is 1. The molecule has 2 nitrogen and oxygen atoms in total. The monoisotopic (exact) mass is 189 g/mol. The van der Waals surface area contributed by atoms with E-state index in [1.165, 1.54) is 5.56 Å². The Morgan fingerprint density at radius 1 is 1.36 bits per heavy atom. The van der Waals surface area contributed by atoms with E-state index in [4.69, 9.17) is 5.26 Å². The molecule has 0 fully saturated rings. The van der Waals surface area contributed by atoms with Gasteiger partial charge in [0.25, 0.3) is 0 Å². The van der Waals surface area contributed by atoms with Crippen LogP contribution in [-0.2, 0) is 0 Å². The van der Waals surface area contributed by atoms with E-state index in [1.54, 1.807) is 0 Å². The lowest BCUT2D eigenvalue weighted by Gasteiger charge is -2.09. The summed E-state index contributed by atoms with van der Waals surface area (Å²) in [6.45, 7) is 2.02. The number of rotatable bonds is 4. The van der Waals surface area contributed by atoms with Crippen molar-refractivity contribution in [3.63, 3.8) is 0 Å². The van der Waals surface area contributed by atoms with E-state index in [0.717, 1.165) is 12.0 Å².